The highest BCUT2D eigenvalue weighted by molar-refractivity contribution is 6.10. The minimum absolute atomic E-state index is 0.685. The van der Waals surface area contributed by atoms with Gasteiger partial charge < -0.3 is 18.6 Å². The van der Waals surface area contributed by atoms with Gasteiger partial charge in [-0.15, -0.1) is 0 Å². The van der Waals surface area contributed by atoms with E-state index in [0.29, 0.717) is 6.42 Å². The smallest absolute Gasteiger partial charge is 0.159 e. The van der Waals surface area contributed by atoms with E-state index in [9.17, 15) is 0 Å². The fourth-order valence-corrected chi connectivity index (χ4v) is 9.34. The summed E-state index contributed by atoms with van der Waals surface area (Å²) in [4.78, 5) is 4.77. The van der Waals surface area contributed by atoms with Crippen molar-refractivity contribution in [1.82, 2.24) is 0 Å². The number of nitrogens with zero attached hydrogens (tertiary/aromatic N) is 2. The third-order valence-electron chi connectivity index (χ3n) is 12.5. The maximum atomic E-state index is 6.86. The van der Waals surface area contributed by atoms with E-state index in [2.05, 4.69) is 184 Å². The van der Waals surface area contributed by atoms with Gasteiger partial charge in [0.1, 0.15) is 11.3 Å². The Labute approximate surface area is 371 Å². The summed E-state index contributed by atoms with van der Waals surface area (Å²) >= 11 is 0. The van der Waals surface area contributed by atoms with Gasteiger partial charge in [-0.3, -0.25) is 0 Å². The molecule has 0 saturated heterocycles. The van der Waals surface area contributed by atoms with Crippen LogP contribution in [0.1, 0.15) is 79.9 Å². The van der Waals surface area contributed by atoms with Crippen molar-refractivity contribution in [2.24, 2.45) is 0 Å². The molecule has 6 aromatic carbocycles. The standard InChI is InChI=1S/C57H48N2O2.C2H6/c1-7-36(3)55-43(8-2)45-23-16-28-52(57(45)61-55)59(49-26-13-10-19-38(49)5)50-35-32-41-20-15-21-42(33-30-40-31-34-47(50)54(41)39(40)6)58(48-25-12-9-18-37(48)4)51-27-17-24-46-44-22-11-14-29-53(44)60-56(46)51;1-2/h7-15,17-20,22,24-35H,2,6,16,21,23H2,1,3-5H3;1-2H3/b20-15-,36-7-,40-30-,42-33+;. The number of rotatable bonds is 8. The van der Waals surface area contributed by atoms with E-state index in [1.807, 2.05) is 32.1 Å². The predicted octanol–water partition coefficient (Wildman–Crippen LogP) is 15.5. The first-order chi connectivity index (χ1) is 30.9. The molecule has 2 aromatic heterocycles. The van der Waals surface area contributed by atoms with Crippen molar-refractivity contribution in [1.29, 1.82) is 0 Å². The van der Waals surface area contributed by atoms with Crippen LogP contribution in [0.2, 0.25) is 0 Å². The van der Waals surface area contributed by atoms with Crippen LogP contribution in [0.3, 0.4) is 0 Å². The van der Waals surface area contributed by atoms with Gasteiger partial charge in [-0.05, 0) is 115 Å². The Kier molecular flexibility index (Phi) is 11.2. The monoisotopic (exact) mass is 822 g/mol. The van der Waals surface area contributed by atoms with E-state index < -0.39 is 0 Å². The molecule has 0 N–H and O–H groups in total. The molecule has 0 spiro atoms. The fraction of sp³-hybridized carbons (Fsp3) is 0.153. The quantitative estimate of drug-likeness (QED) is 0.153. The summed E-state index contributed by atoms with van der Waals surface area (Å²) in [5.74, 6) is 1.80. The van der Waals surface area contributed by atoms with Gasteiger partial charge in [0.15, 0.2) is 11.3 Å². The molecule has 0 atom stereocenters. The van der Waals surface area contributed by atoms with Crippen molar-refractivity contribution in [2.75, 3.05) is 9.80 Å². The second-order valence-electron chi connectivity index (χ2n) is 16.1. The zero-order valence-corrected chi connectivity index (χ0v) is 37.3. The number of fused-ring (bicyclic) bond motifs is 5. The van der Waals surface area contributed by atoms with Crippen LogP contribution in [0.5, 0.6) is 0 Å². The number of hydrogen-bond donors (Lipinski definition) is 0. The van der Waals surface area contributed by atoms with Crippen molar-refractivity contribution in [3.8, 4) is 0 Å². The molecule has 2 bridgehead atoms. The van der Waals surface area contributed by atoms with Crippen molar-refractivity contribution < 1.29 is 8.83 Å². The molecule has 0 saturated carbocycles. The lowest BCUT2D eigenvalue weighted by Gasteiger charge is -2.31. The zero-order valence-electron chi connectivity index (χ0n) is 37.3. The number of furan rings is 2. The molecule has 2 aliphatic rings. The molecule has 0 unspecified atom stereocenters. The lowest BCUT2D eigenvalue weighted by molar-refractivity contribution is 0.531. The molecule has 10 rings (SSSR count). The summed E-state index contributed by atoms with van der Waals surface area (Å²) in [6, 6.07) is 41.0. The molecule has 8 aromatic rings. The van der Waals surface area contributed by atoms with Crippen LogP contribution in [0.15, 0.2) is 161 Å². The average Bonchev–Trinajstić information content (AvgIpc) is 3.90. The summed E-state index contributed by atoms with van der Waals surface area (Å²) in [6.07, 6.45) is 17.9. The first-order valence-electron chi connectivity index (χ1n) is 22.2. The van der Waals surface area contributed by atoms with E-state index in [4.69, 9.17) is 15.4 Å². The Morgan fingerprint density at radius 2 is 1.40 bits per heavy atom. The van der Waals surface area contributed by atoms with Crippen LogP contribution in [0, 0.1) is 13.8 Å². The molecule has 0 radical (unpaired) electrons. The molecule has 2 aliphatic carbocycles. The highest BCUT2D eigenvalue weighted by Crippen LogP contribution is 2.46. The zero-order chi connectivity index (χ0) is 43.8. The topological polar surface area (TPSA) is 32.8 Å². The van der Waals surface area contributed by atoms with Crippen molar-refractivity contribution in [3.05, 3.63) is 202 Å². The normalized spacial score (nSPS) is 15.4. The van der Waals surface area contributed by atoms with Crippen LogP contribution in [0.4, 0.5) is 22.7 Å². The van der Waals surface area contributed by atoms with Gasteiger partial charge in [-0.2, -0.15) is 0 Å². The fourth-order valence-electron chi connectivity index (χ4n) is 9.34. The van der Waals surface area contributed by atoms with E-state index in [0.717, 1.165) is 118 Å². The maximum Gasteiger partial charge on any atom is 0.159 e. The van der Waals surface area contributed by atoms with Gasteiger partial charge in [0.25, 0.3) is 0 Å². The van der Waals surface area contributed by atoms with E-state index in [1.54, 1.807) is 0 Å². The van der Waals surface area contributed by atoms with E-state index >= 15 is 0 Å². The third kappa shape index (κ3) is 7.06. The Balaban J connectivity index is 0.00000249. The predicted molar refractivity (Wildman–Crippen MR) is 271 cm³/mol. The number of allylic oxidation sites excluding steroid dienone is 5. The minimum atomic E-state index is 0.685. The molecular weight excluding hydrogens is 769 g/mol. The van der Waals surface area contributed by atoms with Gasteiger partial charge >= 0.3 is 0 Å². The Bertz CT molecular complexity index is 3330. The SMILES string of the molecule is C=Cc1c(/C(C)=C\C)oc2c1CCC=C2N(c1ccccc1C)c1ccc2c3c(=C)/c(ccc13)=C\C=C(\N(c1ccccc1C)c1cccc3c1oc1ccccc13)C/C=C\2.CC. The number of aryl methyl sites for hydroxylation is 2. The van der Waals surface area contributed by atoms with Crippen molar-refractivity contribution in [3.63, 3.8) is 0 Å². The first kappa shape index (κ1) is 41.1. The molecular formula is C59H54N2O2. The molecule has 4 heteroatoms. The van der Waals surface area contributed by atoms with Crippen molar-refractivity contribution >= 4 is 91.5 Å². The second-order valence-corrected chi connectivity index (χ2v) is 16.1. The molecule has 0 fully saturated rings. The van der Waals surface area contributed by atoms with Crippen LogP contribution >= 0.6 is 0 Å². The molecule has 312 valence electrons. The number of para-hydroxylation sites is 4. The molecule has 4 nitrogen and oxygen atoms in total. The molecule has 0 aliphatic heterocycles. The van der Waals surface area contributed by atoms with Gasteiger partial charge in [-0.25, -0.2) is 0 Å². The Morgan fingerprint density at radius 1 is 0.698 bits per heavy atom. The van der Waals surface area contributed by atoms with Crippen molar-refractivity contribution in [2.45, 2.75) is 60.8 Å². The third-order valence-corrected chi connectivity index (χ3v) is 12.5. The highest BCUT2D eigenvalue weighted by Gasteiger charge is 2.30. The van der Waals surface area contributed by atoms with E-state index in [1.165, 1.54) is 16.7 Å². The lowest BCUT2D eigenvalue weighted by Crippen LogP contribution is -2.26. The first-order valence-corrected chi connectivity index (χ1v) is 22.2. The highest BCUT2D eigenvalue weighted by atomic mass is 16.3. The second kappa shape index (κ2) is 17.2. The summed E-state index contributed by atoms with van der Waals surface area (Å²) < 4.78 is 13.5. The van der Waals surface area contributed by atoms with Crippen LogP contribution in [-0.4, -0.2) is 0 Å². The number of hydrogen-bond acceptors (Lipinski definition) is 4. The van der Waals surface area contributed by atoms with Gasteiger partial charge in [0, 0.05) is 50.8 Å². The summed E-state index contributed by atoms with van der Waals surface area (Å²) in [5.41, 5.74) is 15.1. The molecule has 63 heavy (non-hydrogen) atoms. The molecule has 2 heterocycles. The van der Waals surface area contributed by atoms with Crippen LogP contribution < -0.4 is 20.2 Å². The maximum absolute atomic E-state index is 6.86. The summed E-state index contributed by atoms with van der Waals surface area (Å²) in [5, 5.41) is 6.53. The molecule has 0 amide bonds. The lowest BCUT2D eigenvalue weighted by atomic mass is 9.93. The summed E-state index contributed by atoms with van der Waals surface area (Å²) in [6.45, 7) is 21.5. The Hall–Kier alpha value is -7.30. The van der Waals surface area contributed by atoms with Gasteiger partial charge in [0.05, 0.1) is 17.1 Å². The average molecular weight is 823 g/mol. The van der Waals surface area contributed by atoms with Crippen LogP contribution in [-0.2, 0) is 6.42 Å². The van der Waals surface area contributed by atoms with Gasteiger partial charge in [0.2, 0.25) is 0 Å². The van der Waals surface area contributed by atoms with Crippen LogP contribution in [0.25, 0.3) is 68.8 Å². The minimum Gasteiger partial charge on any atom is -0.454 e. The number of benzene rings is 6. The number of anilines is 4. The Morgan fingerprint density at radius 3 is 2.14 bits per heavy atom. The summed E-state index contributed by atoms with van der Waals surface area (Å²) in [7, 11) is 0. The van der Waals surface area contributed by atoms with E-state index in [-0.39, 0.29) is 0 Å². The van der Waals surface area contributed by atoms with Gasteiger partial charge in [-0.1, -0.05) is 148 Å². The largest absolute Gasteiger partial charge is 0.454 e.